The molecule has 2 rings (SSSR count). The van der Waals surface area contributed by atoms with Crippen LogP contribution in [0.1, 0.15) is 49.2 Å². The van der Waals surface area contributed by atoms with Gasteiger partial charge in [0.1, 0.15) is 6.54 Å². The van der Waals surface area contributed by atoms with Gasteiger partial charge in [0.15, 0.2) is 0 Å². The summed E-state index contributed by atoms with van der Waals surface area (Å²) in [5.74, 6) is -1.04. The van der Waals surface area contributed by atoms with Crippen molar-refractivity contribution in [2.75, 3.05) is 25.0 Å². The van der Waals surface area contributed by atoms with E-state index in [-0.39, 0.29) is 24.7 Å². The highest BCUT2D eigenvalue weighted by atomic mass is 19.4. The summed E-state index contributed by atoms with van der Waals surface area (Å²) in [4.78, 5) is 28.8. The molecule has 0 heterocycles. The van der Waals surface area contributed by atoms with E-state index in [4.69, 9.17) is 0 Å². The van der Waals surface area contributed by atoms with E-state index in [0.29, 0.717) is 11.6 Å². The lowest BCUT2D eigenvalue weighted by molar-refractivity contribution is -0.137. The molecule has 0 radical (unpaired) electrons. The van der Waals surface area contributed by atoms with Gasteiger partial charge in [0.2, 0.25) is 5.91 Å². The third-order valence-corrected chi connectivity index (χ3v) is 5.23. The molecule has 0 fully saturated rings. The molecule has 0 saturated carbocycles. The van der Waals surface area contributed by atoms with Gasteiger partial charge in [-0.1, -0.05) is 31.2 Å². The number of hydrogen-bond donors (Lipinski definition) is 1. The smallest absolute Gasteiger partial charge is 0.330 e. The predicted octanol–water partition coefficient (Wildman–Crippen LogP) is 5.04. The zero-order valence-corrected chi connectivity index (χ0v) is 18.9. The molecule has 0 saturated heterocycles. The van der Waals surface area contributed by atoms with Crippen LogP contribution < -0.4 is 5.32 Å². The number of nitrogens with one attached hydrogen (secondary N) is 1. The number of halogens is 3. The number of hydrogen-bond acceptors (Lipinski definition) is 3. The fourth-order valence-electron chi connectivity index (χ4n) is 3.36. The molecular weight excluding hydrogens is 419 g/mol. The first-order valence-electron chi connectivity index (χ1n) is 10.6. The molecule has 1 N–H and O–H groups in total. The molecule has 174 valence electrons. The molecule has 2 amide bonds. The van der Waals surface area contributed by atoms with Crippen molar-refractivity contribution in [2.45, 2.75) is 46.5 Å². The Labute approximate surface area is 187 Å². The summed E-state index contributed by atoms with van der Waals surface area (Å²) in [6.45, 7) is 9.62. The van der Waals surface area contributed by atoms with Gasteiger partial charge in [-0.15, -0.1) is 0 Å². The minimum Gasteiger partial charge on any atom is -0.330 e. The number of nitrogens with zero attached hydrogens (tertiary/aromatic N) is 2. The lowest BCUT2D eigenvalue weighted by Crippen LogP contribution is -2.38. The van der Waals surface area contributed by atoms with Gasteiger partial charge in [0.25, 0.3) is 5.91 Å². The normalized spacial score (nSPS) is 11.7. The first kappa shape index (κ1) is 25.4. The van der Waals surface area contributed by atoms with Crippen molar-refractivity contribution in [1.82, 2.24) is 9.80 Å². The van der Waals surface area contributed by atoms with Crippen LogP contribution in [0.2, 0.25) is 0 Å². The maximum atomic E-state index is 13.1. The molecule has 2 aromatic rings. The van der Waals surface area contributed by atoms with Crippen LogP contribution in [0.4, 0.5) is 18.9 Å². The number of carbonyl (C=O) groups is 2. The third kappa shape index (κ3) is 6.82. The summed E-state index contributed by atoms with van der Waals surface area (Å²) >= 11 is 0. The average Bonchev–Trinajstić information content (AvgIpc) is 2.75. The van der Waals surface area contributed by atoms with E-state index in [1.165, 1.54) is 23.1 Å². The van der Waals surface area contributed by atoms with Crippen LogP contribution in [0.15, 0.2) is 48.5 Å². The number of para-hydroxylation sites is 1. The van der Waals surface area contributed by atoms with E-state index in [2.05, 4.69) is 31.0 Å². The Morgan fingerprint density at radius 2 is 1.59 bits per heavy atom. The molecule has 32 heavy (non-hydrogen) atoms. The zero-order chi connectivity index (χ0) is 23.9. The highest BCUT2D eigenvalue weighted by Gasteiger charge is 2.33. The minimum absolute atomic E-state index is 0.242. The number of benzene rings is 2. The lowest BCUT2D eigenvalue weighted by Gasteiger charge is -2.25. The Morgan fingerprint density at radius 1 is 0.969 bits per heavy atom. The highest BCUT2D eigenvalue weighted by molar-refractivity contribution is 5.99. The zero-order valence-electron chi connectivity index (χ0n) is 18.9. The van der Waals surface area contributed by atoms with Crippen LogP contribution in [0.25, 0.3) is 0 Å². The predicted molar refractivity (Wildman–Crippen MR) is 119 cm³/mol. The number of carbonyl (C=O) groups excluding carboxylic acids is 2. The van der Waals surface area contributed by atoms with Crippen molar-refractivity contribution in [2.24, 2.45) is 0 Å². The van der Waals surface area contributed by atoms with Gasteiger partial charge in [-0.3, -0.25) is 14.5 Å². The third-order valence-electron chi connectivity index (χ3n) is 5.23. The van der Waals surface area contributed by atoms with Crippen molar-refractivity contribution in [3.8, 4) is 0 Å². The molecule has 0 bridgehead atoms. The second-order valence-electron chi connectivity index (χ2n) is 7.76. The quantitative estimate of drug-likeness (QED) is 0.584. The van der Waals surface area contributed by atoms with Gasteiger partial charge in [0.05, 0.1) is 11.3 Å². The van der Waals surface area contributed by atoms with Gasteiger partial charge in [-0.05, 0) is 57.1 Å². The molecule has 0 atom stereocenters. The van der Waals surface area contributed by atoms with E-state index < -0.39 is 17.6 Å². The van der Waals surface area contributed by atoms with Crippen molar-refractivity contribution < 1.29 is 22.8 Å². The Kier molecular flexibility index (Phi) is 8.83. The van der Waals surface area contributed by atoms with Gasteiger partial charge in [-0.2, -0.15) is 13.2 Å². The van der Waals surface area contributed by atoms with Crippen molar-refractivity contribution in [3.05, 3.63) is 65.2 Å². The molecule has 0 spiro atoms. The summed E-state index contributed by atoms with van der Waals surface area (Å²) in [7, 11) is 0. The maximum Gasteiger partial charge on any atom is 0.418 e. The van der Waals surface area contributed by atoms with Crippen LogP contribution in [-0.4, -0.2) is 47.3 Å². The van der Waals surface area contributed by atoms with Crippen molar-refractivity contribution in [1.29, 1.82) is 0 Å². The second-order valence-corrected chi connectivity index (χ2v) is 7.76. The fraction of sp³-hybridized carbons (Fsp3) is 0.417. The van der Waals surface area contributed by atoms with Gasteiger partial charge in [-0.25, -0.2) is 0 Å². The van der Waals surface area contributed by atoms with E-state index in [0.717, 1.165) is 24.7 Å². The first-order chi connectivity index (χ1) is 15.1. The van der Waals surface area contributed by atoms with Gasteiger partial charge in [0, 0.05) is 24.7 Å². The van der Waals surface area contributed by atoms with Gasteiger partial charge < -0.3 is 10.2 Å². The summed E-state index contributed by atoms with van der Waals surface area (Å²) in [6.07, 6.45) is -4.59. The fourth-order valence-corrected chi connectivity index (χ4v) is 3.36. The monoisotopic (exact) mass is 449 g/mol. The van der Waals surface area contributed by atoms with E-state index in [1.807, 2.05) is 12.1 Å². The molecule has 0 aromatic heterocycles. The second kappa shape index (κ2) is 11.1. The molecule has 0 aliphatic rings. The Hall–Kier alpha value is -2.87. The van der Waals surface area contributed by atoms with Crippen LogP contribution in [0.5, 0.6) is 0 Å². The minimum atomic E-state index is -4.59. The summed E-state index contributed by atoms with van der Waals surface area (Å²) in [6, 6.07) is 12.3. The molecule has 5 nitrogen and oxygen atoms in total. The highest BCUT2D eigenvalue weighted by Crippen LogP contribution is 2.34. The lowest BCUT2D eigenvalue weighted by atomic mass is 10.1. The molecule has 0 unspecified atom stereocenters. The Balaban J connectivity index is 2.06. The van der Waals surface area contributed by atoms with Crippen molar-refractivity contribution >= 4 is 17.5 Å². The van der Waals surface area contributed by atoms with Gasteiger partial charge >= 0.3 is 6.18 Å². The summed E-state index contributed by atoms with van der Waals surface area (Å²) < 4.78 is 39.4. The SMILES string of the molecule is CCN(CC(=O)Nc1ccccc1C(F)(F)F)C(=O)c1ccc(CN(CC)C(C)C)cc1. The topological polar surface area (TPSA) is 52.7 Å². The van der Waals surface area contributed by atoms with E-state index in [1.54, 1.807) is 19.1 Å². The Morgan fingerprint density at radius 3 is 2.12 bits per heavy atom. The summed E-state index contributed by atoms with van der Waals surface area (Å²) in [5.41, 5.74) is 0.234. The number of rotatable bonds is 9. The van der Waals surface area contributed by atoms with Crippen LogP contribution in [0, 0.1) is 0 Å². The first-order valence-corrected chi connectivity index (χ1v) is 10.6. The molecule has 0 aliphatic heterocycles. The number of anilines is 1. The average molecular weight is 450 g/mol. The standard InChI is InChI=1S/C24H30F3N3O2/c1-5-29(17(3)4)15-18-11-13-19(14-12-18)23(32)30(6-2)16-22(31)28-21-10-8-7-9-20(21)24(25,26)27/h7-14,17H,5-6,15-16H2,1-4H3,(H,28,31). The maximum absolute atomic E-state index is 13.1. The Bertz CT molecular complexity index is 911. The molecule has 8 heteroatoms. The van der Waals surface area contributed by atoms with E-state index in [9.17, 15) is 22.8 Å². The van der Waals surface area contributed by atoms with Crippen LogP contribution in [0.3, 0.4) is 0 Å². The number of alkyl halides is 3. The molecule has 0 aliphatic carbocycles. The van der Waals surface area contributed by atoms with Crippen molar-refractivity contribution in [3.63, 3.8) is 0 Å². The van der Waals surface area contributed by atoms with Crippen LogP contribution >= 0.6 is 0 Å². The largest absolute Gasteiger partial charge is 0.418 e. The van der Waals surface area contributed by atoms with E-state index >= 15 is 0 Å². The number of amides is 2. The van der Waals surface area contributed by atoms with Crippen LogP contribution in [-0.2, 0) is 17.5 Å². The summed E-state index contributed by atoms with van der Waals surface area (Å²) in [5, 5.41) is 2.28. The molecule has 2 aromatic carbocycles. The number of likely N-dealkylation sites (N-methyl/N-ethyl adjacent to an activating group) is 1. The molecular formula is C24H30F3N3O2.